The molecule has 20 heavy (non-hydrogen) atoms. The van der Waals surface area contributed by atoms with E-state index in [1.165, 1.54) is 11.3 Å². The Labute approximate surface area is 125 Å². The molecule has 0 aliphatic carbocycles. The summed E-state index contributed by atoms with van der Waals surface area (Å²) in [7, 11) is 0. The van der Waals surface area contributed by atoms with Crippen molar-refractivity contribution in [3.05, 3.63) is 33.0 Å². The van der Waals surface area contributed by atoms with Crippen LogP contribution in [0.4, 0.5) is 0 Å². The molecule has 0 radical (unpaired) electrons. The molecule has 0 spiro atoms. The third-order valence-corrected chi connectivity index (χ3v) is 4.78. The van der Waals surface area contributed by atoms with Gasteiger partial charge in [0.2, 0.25) is 0 Å². The number of aryl methyl sites for hydroxylation is 1. The quantitative estimate of drug-likeness (QED) is 0.857. The summed E-state index contributed by atoms with van der Waals surface area (Å²) in [5.74, 6) is -0.222. The standard InChI is InChI=1S/C13H17N3O2S2/c1-3-5-9-11(20-16-15-9)12(17)14-8-13(2,18)10-6-4-7-19-10/h4,6-7,18H,3,5,8H2,1-2H3,(H,14,17). The van der Waals surface area contributed by atoms with Gasteiger partial charge in [0.25, 0.3) is 5.91 Å². The second-order valence-corrected chi connectivity index (χ2v) is 6.43. The average molecular weight is 311 g/mol. The predicted molar refractivity (Wildman–Crippen MR) is 80.1 cm³/mol. The number of nitrogens with one attached hydrogen (secondary N) is 1. The molecule has 5 nitrogen and oxygen atoms in total. The van der Waals surface area contributed by atoms with E-state index in [-0.39, 0.29) is 12.5 Å². The highest BCUT2D eigenvalue weighted by Crippen LogP contribution is 2.24. The van der Waals surface area contributed by atoms with Gasteiger partial charge in [-0.3, -0.25) is 4.79 Å². The highest BCUT2D eigenvalue weighted by atomic mass is 32.1. The first kappa shape index (κ1) is 15.1. The van der Waals surface area contributed by atoms with Crippen LogP contribution in [0.15, 0.2) is 17.5 Å². The number of carbonyl (C=O) groups is 1. The Morgan fingerprint density at radius 2 is 2.35 bits per heavy atom. The van der Waals surface area contributed by atoms with E-state index in [1.54, 1.807) is 6.92 Å². The van der Waals surface area contributed by atoms with Crippen LogP contribution in [0.3, 0.4) is 0 Å². The van der Waals surface area contributed by atoms with Crippen molar-refractivity contribution in [3.63, 3.8) is 0 Å². The van der Waals surface area contributed by atoms with Crippen LogP contribution in [-0.4, -0.2) is 27.1 Å². The van der Waals surface area contributed by atoms with Crippen molar-refractivity contribution in [3.8, 4) is 0 Å². The summed E-state index contributed by atoms with van der Waals surface area (Å²) >= 11 is 2.56. The molecule has 7 heteroatoms. The van der Waals surface area contributed by atoms with E-state index in [0.717, 1.165) is 34.9 Å². The lowest BCUT2D eigenvalue weighted by Crippen LogP contribution is -2.38. The van der Waals surface area contributed by atoms with E-state index in [0.29, 0.717) is 4.88 Å². The molecule has 1 amide bonds. The van der Waals surface area contributed by atoms with Crippen LogP contribution in [0.25, 0.3) is 0 Å². The molecule has 0 bridgehead atoms. The molecular weight excluding hydrogens is 294 g/mol. The zero-order valence-corrected chi connectivity index (χ0v) is 13.1. The molecule has 2 N–H and O–H groups in total. The van der Waals surface area contributed by atoms with Crippen LogP contribution >= 0.6 is 22.9 Å². The van der Waals surface area contributed by atoms with Gasteiger partial charge in [0.15, 0.2) is 0 Å². The van der Waals surface area contributed by atoms with Crippen molar-refractivity contribution in [2.45, 2.75) is 32.3 Å². The van der Waals surface area contributed by atoms with Gasteiger partial charge < -0.3 is 10.4 Å². The fourth-order valence-electron chi connectivity index (χ4n) is 1.79. The Morgan fingerprint density at radius 3 is 3.00 bits per heavy atom. The minimum atomic E-state index is -1.06. The fourth-order valence-corrected chi connectivity index (χ4v) is 3.20. The summed E-state index contributed by atoms with van der Waals surface area (Å²) < 4.78 is 3.83. The van der Waals surface area contributed by atoms with Crippen LogP contribution in [0.2, 0.25) is 0 Å². The number of rotatable bonds is 6. The van der Waals surface area contributed by atoms with Crippen LogP contribution < -0.4 is 5.32 Å². The molecule has 0 fully saturated rings. The number of carbonyl (C=O) groups excluding carboxylic acids is 1. The van der Waals surface area contributed by atoms with Crippen molar-refractivity contribution in [1.29, 1.82) is 0 Å². The zero-order valence-electron chi connectivity index (χ0n) is 11.4. The molecule has 2 heterocycles. The smallest absolute Gasteiger partial charge is 0.265 e. The molecule has 108 valence electrons. The first-order valence-corrected chi connectivity index (χ1v) is 8.05. The number of amides is 1. The van der Waals surface area contributed by atoms with Crippen LogP contribution in [0.5, 0.6) is 0 Å². The van der Waals surface area contributed by atoms with Gasteiger partial charge in [-0.15, -0.1) is 16.4 Å². The molecule has 2 aromatic rings. The van der Waals surface area contributed by atoms with Gasteiger partial charge in [0.1, 0.15) is 10.5 Å². The topological polar surface area (TPSA) is 75.1 Å². The Balaban J connectivity index is 2.00. The Hall–Kier alpha value is -1.31. The Kier molecular flexibility index (Phi) is 4.85. The van der Waals surface area contributed by atoms with E-state index < -0.39 is 5.60 Å². The van der Waals surface area contributed by atoms with Crippen molar-refractivity contribution >= 4 is 28.8 Å². The predicted octanol–water partition coefficient (Wildman–Crippen LogP) is 2.19. The SMILES string of the molecule is CCCc1nnsc1C(=O)NCC(C)(O)c1cccs1. The molecule has 0 saturated carbocycles. The number of nitrogens with zero attached hydrogens (tertiary/aromatic N) is 2. The van der Waals surface area contributed by atoms with Gasteiger partial charge in [0.05, 0.1) is 12.2 Å². The maximum absolute atomic E-state index is 12.1. The van der Waals surface area contributed by atoms with Gasteiger partial charge >= 0.3 is 0 Å². The maximum atomic E-state index is 12.1. The second kappa shape index (κ2) is 6.43. The van der Waals surface area contributed by atoms with Crippen molar-refractivity contribution in [1.82, 2.24) is 14.9 Å². The summed E-state index contributed by atoms with van der Waals surface area (Å²) in [4.78, 5) is 13.5. The lowest BCUT2D eigenvalue weighted by Gasteiger charge is -2.22. The number of thiophene rings is 1. The molecule has 0 saturated heterocycles. The molecule has 2 rings (SSSR count). The minimum absolute atomic E-state index is 0.163. The third kappa shape index (κ3) is 3.41. The van der Waals surface area contributed by atoms with Crippen molar-refractivity contribution in [2.24, 2.45) is 0 Å². The normalized spacial score (nSPS) is 13.9. The van der Waals surface area contributed by atoms with Crippen LogP contribution in [-0.2, 0) is 12.0 Å². The Bertz CT molecular complexity index is 564. The number of hydrogen-bond donors (Lipinski definition) is 2. The fraction of sp³-hybridized carbons (Fsp3) is 0.462. The molecule has 1 atom stereocenters. The van der Waals surface area contributed by atoms with Crippen LogP contribution in [0, 0.1) is 0 Å². The first-order chi connectivity index (χ1) is 9.54. The van der Waals surface area contributed by atoms with Crippen molar-refractivity contribution < 1.29 is 9.90 Å². The van der Waals surface area contributed by atoms with E-state index in [1.807, 2.05) is 24.4 Å². The highest BCUT2D eigenvalue weighted by Gasteiger charge is 2.26. The monoisotopic (exact) mass is 311 g/mol. The number of aromatic nitrogens is 2. The van der Waals surface area contributed by atoms with E-state index in [4.69, 9.17) is 0 Å². The molecular formula is C13H17N3O2S2. The average Bonchev–Trinajstić information content (AvgIpc) is 3.07. The molecule has 0 aliphatic heterocycles. The zero-order chi connectivity index (χ0) is 14.6. The molecule has 0 aromatic carbocycles. The van der Waals surface area contributed by atoms with Crippen molar-refractivity contribution in [2.75, 3.05) is 6.54 Å². The van der Waals surface area contributed by atoms with Crippen LogP contribution in [0.1, 0.15) is 40.5 Å². The first-order valence-electron chi connectivity index (χ1n) is 6.40. The number of aliphatic hydroxyl groups is 1. The summed E-state index contributed by atoms with van der Waals surface area (Å²) in [5, 5.41) is 19.0. The van der Waals surface area contributed by atoms with E-state index in [2.05, 4.69) is 14.9 Å². The summed E-state index contributed by atoms with van der Waals surface area (Å²) in [5.41, 5.74) is -0.335. The van der Waals surface area contributed by atoms with E-state index >= 15 is 0 Å². The second-order valence-electron chi connectivity index (χ2n) is 4.73. The van der Waals surface area contributed by atoms with E-state index in [9.17, 15) is 9.90 Å². The summed E-state index contributed by atoms with van der Waals surface area (Å²) in [6, 6.07) is 3.73. The Morgan fingerprint density at radius 1 is 1.55 bits per heavy atom. The highest BCUT2D eigenvalue weighted by molar-refractivity contribution is 7.10. The lowest BCUT2D eigenvalue weighted by molar-refractivity contribution is 0.0557. The van der Waals surface area contributed by atoms with Gasteiger partial charge in [-0.05, 0) is 36.3 Å². The maximum Gasteiger partial charge on any atom is 0.265 e. The summed E-state index contributed by atoms with van der Waals surface area (Å²) in [6.07, 6.45) is 1.65. The summed E-state index contributed by atoms with van der Waals surface area (Å²) in [6.45, 7) is 3.88. The van der Waals surface area contributed by atoms with Gasteiger partial charge in [-0.2, -0.15) is 0 Å². The van der Waals surface area contributed by atoms with Gasteiger partial charge in [0, 0.05) is 4.88 Å². The molecule has 0 aliphatic rings. The largest absolute Gasteiger partial charge is 0.383 e. The molecule has 2 aromatic heterocycles. The lowest BCUT2D eigenvalue weighted by atomic mass is 10.1. The minimum Gasteiger partial charge on any atom is -0.383 e. The van der Waals surface area contributed by atoms with Gasteiger partial charge in [-0.25, -0.2) is 0 Å². The van der Waals surface area contributed by atoms with Gasteiger partial charge in [-0.1, -0.05) is 23.9 Å². The third-order valence-electron chi connectivity index (χ3n) is 2.89. The molecule has 1 unspecified atom stereocenters. The number of hydrogen-bond acceptors (Lipinski definition) is 6.